The zero-order valence-corrected chi connectivity index (χ0v) is 18.4. The topological polar surface area (TPSA) is 82.4 Å². The zero-order chi connectivity index (χ0) is 23.0. The number of amides is 1. The van der Waals surface area contributed by atoms with Crippen molar-refractivity contribution < 1.29 is 19.1 Å². The number of ether oxygens (including phenoxy) is 2. The van der Waals surface area contributed by atoms with Crippen molar-refractivity contribution in [2.75, 3.05) is 18.5 Å². The van der Waals surface area contributed by atoms with Gasteiger partial charge in [0.1, 0.15) is 11.6 Å². The maximum absolute atomic E-state index is 12.6. The van der Waals surface area contributed by atoms with Gasteiger partial charge in [0.2, 0.25) is 5.91 Å². The lowest BCUT2D eigenvalue weighted by molar-refractivity contribution is -0.145. The molecule has 0 fully saturated rings. The Balaban J connectivity index is 1.43. The predicted octanol–water partition coefficient (Wildman–Crippen LogP) is 4.54. The molecule has 4 rings (SSSR count). The second-order valence-electron chi connectivity index (χ2n) is 7.36. The first-order valence-corrected chi connectivity index (χ1v) is 10.8. The number of fused-ring (bicyclic) bond motifs is 1. The highest BCUT2D eigenvalue weighted by Gasteiger charge is 2.14. The summed E-state index contributed by atoms with van der Waals surface area (Å²) in [6.45, 7) is 1.86. The van der Waals surface area contributed by atoms with Crippen molar-refractivity contribution in [3.63, 3.8) is 0 Å². The summed E-state index contributed by atoms with van der Waals surface area (Å²) in [7, 11) is 0. The average Bonchev–Trinajstić information content (AvgIpc) is 3.21. The van der Waals surface area contributed by atoms with Gasteiger partial charge < -0.3 is 14.8 Å². The van der Waals surface area contributed by atoms with Gasteiger partial charge in [0.05, 0.1) is 17.6 Å². The van der Waals surface area contributed by atoms with Crippen molar-refractivity contribution in [2.24, 2.45) is 0 Å². The molecule has 1 heterocycles. The van der Waals surface area contributed by atoms with E-state index in [1.54, 1.807) is 31.2 Å². The number of nitrogens with zero attached hydrogens (tertiary/aromatic N) is 2. The van der Waals surface area contributed by atoms with Crippen molar-refractivity contribution in [2.45, 2.75) is 19.8 Å². The van der Waals surface area contributed by atoms with Crippen molar-refractivity contribution in [1.82, 2.24) is 9.55 Å². The number of carbonyl (C=O) groups excluding carboxylic acids is 2. The zero-order valence-electron chi connectivity index (χ0n) is 18.4. The van der Waals surface area contributed by atoms with Crippen LogP contribution in [0.3, 0.4) is 0 Å². The standard InChI is InChI=1S/C26H25N3O4/c1-2-32-26(31)18-33-21-12-8-9-19(17-21)27-25(30)16-15-24-28-22-13-6-7-14-23(22)29(24)20-10-4-3-5-11-20/h3-14,17H,2,15-16,18H2,1H3,(H,27,30). The molecule has 1 amide bonds. The van der Waals surface area contributed by atoms with Crippen LogP contribution >= 0.6 is 0 Å². The summed E-state index contributed by atoms with van der Waals surface area (Å²) in [6.07, 6.45) is 0.749. The lowest BCUT2D eigenvalue weighted by atomic mass is 10.2. The van der Waals surface area contributed by atoms with E-state index in [4.69, 9.17) is 14.5 Å². The van der Waals surface area contributed by atoms with Gasteiger partial charge in [0.15, 0.2) is 6.61 Å². The molecule has 1 N–H and O–H groups in total. The molecule has 0 bridgehead atoms. The fourth-order valence-electron chi connectivity index (χ4n) is 3.57. The molecule has 0 aliphatic heterocycles. The summed E-state index contributed by atoms with van der Waals surface area (Å²) in [4.78, 5) is 28.9. The molecule has 1 aromatic heterocycles. The highest BCUT2D eigenvalue weighted by molar-refractivity contribution is 5.91. The van der Waals surface area contributed by atoms with Crippen molar-refractivity contribution in [1.29, 1.82) is 0 Å². The minimum atomic E-state index is -0.437. The molecular formula is C26H25N3O4. The Hall–Kier alpha value is -4.13. The van der Waals surface area contributed by atoms with Crippen molar-refractivity contribution in [3.05, 3.63) is 84.7 Å². The summed E-state index contributed by atoms with van der Waals surface area (Å²) in [5.41, 5.74) is 3.50. The maximum Gasteiger partial charge on any atom is 0.344 e. The Morgan fingerprint density at radius 3 is 2.58 bits per heavy atom. The molecular weight excluding hydrogens is 418 g/mol. The van der Waals surface area contributed by atoms with E-state index in [0.717, 1.165) is 22.5 Å². The summed E-state index contributed by atoms with van der Waals surface area (Å²) >= 11 is 0. The molecule has 7 heteroatoms. The van der Waals surface area contributed by atoms with Gasteiger partial charge in [-0.1, -0.05) is 36.4 Å². The second-order valence-corrected chi connectivity index (χ2v) is 7.36. The van der Waals surface area contributed by atoms with E-state index >= 15 is 0 Å². The number of para-hydroxylation sites is 3. The molecule has 0 unspecified atom stereocenters. The first kappa shape index (κ1) is 22.1. The third-order valence-corrected chi connectivity index (χ3v) is 5.00. The van der Waals surface area contributed by atoms with Crippen LogP contribution in [0.25, 0.3) is 16.7 Å². The number of hydrogen-bond acceptors (Lipinski definition) is 5. The first-order chi connectivity index (χ1) is 16.1. The van der Waals surface area contributed by atoms with E-state index in [9.17, 15) is 9.59 Å². The van der Waals surface area contributed by atoms with Gasteiger partial charge in [-0.05, 0) is 43.3 Å². The number of rotatable bonds is 9. The van der Waals surface area contributed by atoms with Crippen LogP contribution in [0.5, 0.6) is 5.75 Å². The van der Waals surface area contributed by atoms with Crippen LogP contribution in [0.1, 0.15) is 19.2 Å². The van der Waals surface area contributed by atoms with Gasteiger partial charge >= 0.3 is 5.97 Å². The maximum atomic E-state index is 12.6. The minimum absolute atomic E-state index is 0.135. The number of esters is 1. The van der Waals surface area contributed by atoms with Crippen LogP contribution in [-0.4, -0.2) is 34.6 Å². The number of nitrogens with one attached hydrogen (secondary N) is 1. The Labute approximate surface area is 192 Å². The quantitative estimate of drug-likeness (QED) is 0.384. The molecule has 0 saturated heterocycles. The predicted molar refractivity (Wildman–Crippen MR) is 127 cm³/mol. The third kappa shape index (κ3) is 5.57. The Kier molecular flexibility index (Phi) is 6.99. The number of aryl methyl sites for hydroxylation is 1. The summed E-state index contributed by atoms with van der Waals surface area (Å²) in [6, 6.07) is 24.9. The number of carbonyl (C=O) groups is 2. The molecule has 3 aromatic carbocycles. The van der Waals surface area contributed by atoms with Gasteiger partial charge in [-0.25, -0.2) is 9.78 Å². The molecule has 0 aliphatic rings. The van der Waals surface area contributed by atoms with E-state index < -0.39 is 5.97 Å². The van der Waals surface area contributed by atoms with Crippen LogP contribution in [0.4, 0.5) is 5.69 Å². The Morgan fingerprint density at radius 1 is 0.970 bits per heavy atom. The molecule has 0 radical (unpaired) electrons. The van der Waals surface area contributed by atoms with Gasteiger partial charge in [-0.2, -0.15) is 0 Å². The first-order valence-electron chi connectivity index (χ1n) is 10.8. The van der Waals surface area contributed by atoms with E-state index in [0.29, 0.717) is 24.5 Å². The number of benzene rings is 3. The van der Waals surface area contributed by atoms with Crippen molar-refractivity contribution in [3.8, 4) is 11.4 Å². The minimum Gasteiger partial charge on any atom is -0.482 e. The van der Waals surface area contributed by atoms with Gasteiger partial charge in [0, 0.05) is 30.3 Å². The highest BCUT2D eigenvalue weighted by Crippen LogP contribution is 2.23. The summed E-state index contributed by atoms with van der Waals surface area (Å²) in [5, 5.41) is 2.89. The van der Waals surface area contributed by atoms with Gasteiger partial charge in [-0.3, -0.25) is 9.36 Å². The molecule has 33 heavy (non-hydrogen) atoms. The van der Waals surface area contributed by atoms with Crippen LogP contribution in [0.15, 0.2) is 78.9 Å². The van der Waals surface area contributed by atoms with Crippen LogP contribution in [0, 0.1) is 0 Å². The molecule has 4 aromatic rings. The van der Waals surface area contributed by atoms with Crippen LogP contribution < -0.4 is 10.1 Å². The monoisotopic (exact) mass is 443 g/mol. The van der Waals surface area contributed by atoms with E-state index in [2.05, 4.69) is 9.88 Å². The lowest BCUT2D eigenvalue weighted by Crippen LogP contribution is -2.15. The average molecular weight is 444 g/mol. The smallest absolute Gasteiger partial charge is 0.344 e. The molecule has 7 nitrogen and oxygen atoms in total. The number of imidazole rings is 1. The van der Waals surface area contributed by atoms with Gasteiger partial charge in [-0.15, -0.1) is 0 Å². The van der Waals surface area contributed by atoms with Crippen LogP contribution in [0.2, 0.25) is 0 Å². The number of hydrogen-bond donors (Lipinski definition) is 1. The molecule has 0 spiro atoms. The van der Waals surface area contributed by atoms with Gasteiger partial charge in [0.25, 0.3) is 0 Å². The molecule has 168 valence electrons. The largest absolute Gasteiger partial charge is 0.482 e. The van der Waals surface area contributed by atoms with E-state index in [1.807, 2.05) is 54.6 Å². The molecule has 0 aliphatic carbocycles. The van der Waals surface area contributed by atoms with Crippen LogP contribution in [-0.2, 0) is 20.7 Å². The molecule has 0 saturated carbocycles. The van der Waals surface area contributed by atoms with E-state index in [-0.39, 0.29) is 18.9 Å². The number of anilines is 1. The SMILES string of the molecule is CCOC(=O)COc1cccc(NC(=O)CCc2nc3ccccc3n2-c2ccccc2)c1. The summed E-state index contributed by atoms with van der Waals surface area (Å²) < 4.78 is 12.4. The Morgan fingerprint density at radius 2 is 1.76 bits per heavy atom. The van der Waals surface area contributed by atoms with E-state index in [1.165, 1.54) is 0 Å². The third-order valence-electron chi connectivity index (χ3n) is 5.00. The second kappa shape index (κ2) is 10.5. The fraction of sp³-hybridized carbons (Fsp3) is 0.192. The number of aromatic nitrogens is 2. The summed E-state index contributed by atoms with van der Waals surface area (Å²) in [5.74, 6) is 0.730. The van der Waals surface area contributed by atoms with Crippen molar-refractivity contribution >= 4 is 28.6 Å². The Bertz CT molecular complexity index is 1250. The lowest BCUT2D eigenvalue weighted by Gasteiger charge is -2.10. The fourth-order valence-corrected chi connectivity index (χ4v) is 3.57. The molecule has 0 atom stereocenters. The normalized spacial score (nSPS) is 10.7. The highest BCUT2D eigenvalue weighted by atomic mass is 16.6.